The molecule has 8 heteroatoms. The smallest absolute Gasteiger partial charge is 0.358 e. The summed E-state index contributed by atoms with van der Waals surface area (Å²) in [5, 5.41) is 8.18. The highest BCUT2D eigenvalue weighted by Crippen LogP contribution is 2.23. The molecule has 2 rings (SSSR count). The molecule has 0 N–H and O–H groups in total. The third-order valence-corrected chi connectivity index (χ3v) is 2.79. The van der Waals surface area contributed by atoms with Crippen LogP contribution in [-0.4, -0.2) is 18.6 Å². The Hall–Kier alpha value is -1.54. The van der Waals surface area contributed by atoms with Crippen molar-refractivity contribution < 1.29 is 16.5 Å². The molecule has 2 aromatic rings. The van der Waals surface area contributed by atoms with Crippen LogP contribution >= 0.6 is 11.3 Å². The number of benzene rings is 1. The number of nitrogens with zero attached hydrogens (tertiary/aromatic N) is 2. The van der Waals surface area contributed by atoms with Gasteiger partial charge in [0.25, 0.3) is 0 Å². The Kier molecular flexibility index (Phi) is 2.84. The predicted octanol–water partition coefficient (Wildman–Crippen LogP) is 1.80. The minimum absolute atomic E-state index is 0.0873. The van der Waals surface area contributed by atoms with E-state index in [1.54, 1.807) is 17.6 Å². The number of rotatable bonds is 3. The molecule has 0 unspecified atom stereocenters. The number of halogens is 1. The van der Waals surface area contributed by atoms with Gasteiger partial charge in [-0.15, -0.1) is 10.2 Å². The molecule has 0 aliphatic carbocycles. The van der Waals surface area contributed by atoms with Crippen molar-refractivity contribution in [1.29, 1.82) is 0 Å². The Morgan fingerprint density at radius 1 is 1.25 bits per heavy atom. The van der Waals surface area contributed by atoms with Gasteiger partial charge in [0.1, 0.15) is 16.3 Å². The van der Waals surface area contributed by atoms with E-state index in [1.807, 2.05) is 0 Å². The van der Waals surface area contributed by atoms with Crippen molar-refractivity contribution in [3.63, 3.8) is 0 Å². The summed E-state index contributed by atoms with van der Waals surface area (Å²) in [6, 6.07) is 5.82. The maximum Gasteiger partial charge on any atom is 0.488 e. The van der Waals surface area contributed by atoms with E-state index in [9.17, 15) is 12.3 Å². The molecule has 0 aliphatic heterocycles. The Morgan fingerprint density at radius 3 is 2.44 bits per heavy atom. The fraction of sp³-hybridized carbons (Fsp3) is 0. The molecule has 0 saturated carbocycles. The maximum absolute atomic E-state index is 12.2. The van der Waals surface area contributed by atoms with Crippen molar-refractivity contribution in [2.24, 2.45) is 0 Å². The third kappa shape index (κ3) is 2.74. The summed E-state index contributed by atoms with van der Waals surface area (Å²) in [6.07, 6.45) is 0. The predicted molar refractivity (Wildman–Crippen MR) is 56.0 cm³/mol. The molecule has 84 valence electrons. The van der Waals surface area contributed by atoms with Crippen LogP contribution < -0.4 is 4.18 Å². The summed E-state index contributed by atoms with van der Waals surface area (Å²) in [7, 11) is -4.97. The monoisotopic (exact) mass is 260 g/mol. The van der Waals surface area contributed by atoms with Gasteiger partial charge in [0.05, 0.1) is 0 Å². The topological polar surface area (TPSA) is 69.2 Å². The molecule has 0 atom stereocenters. The summed E-state index contributed by atoms with van der Waals surface area (Å²) in [5.74, 6) is -0.0873. The quantitative estimate of drug-likeness (QED) is 0.787. The molecule has 16 heavy (non-hydrogen) atoms. The Balaban J connectivity index is 2.24. The van der Waals surface area contributed by atoms with E-state index < -0.39 is 10.5 Å². The molecule has 0 aliphatic rings. The zero-order valence-corrected chi connectivity index (χ0v) is 9.33. The van der Waals surface area contributed by atoms with Gasteiger partial charge in [-0.25, -0.2) is 0 Å². The molecule has 0 fully saturated rings. The second-order valence-corrected chi connectivity index (χ2v) is 4.53. The zero-order valence-electron chi connectivity index (χ0n) is 7.70. The van der Waals surface area contributed by atoms with Gasteiger partial charge in [-0.2, -0.15) is 8.42 Å². The largest absolute Gasteiger partial charge is 0.488 e. The Labute approximate surface area is 94.9 Å². The van der Waals surface area contributed by atoms with Crippen molar-refractivity contribution in [3.8, 4) is 16.3 Å². The number of hydrogen-bond donors (Lipinski definition) is 0. The second-order valence-electron chi connectivity index (χ2n) is 2.74. The lowest BCUT2D eigenvalue weighted by Crippen LogP contribution is -2.00. The van der Waals surface area contributed by atoms with E-state index in [1.165, 1.54) is 23.5 Å². The van der Waals surface area contributed by atoms with E-state index in [-0.39, 0.29) is 5.75 Å². The molecule has 1 aromatic carbocycles. The van der Waals surface area contributed by atoms with Crippen LogP contribution in [0, 0.1) is 0 Å². The molecular weight excluding hydrogens is 255 g/mol. The summed E-state index contributed by atoms with van der Waals surface area (Å²) < 4.78 is 36.6. The van der Waals surface area contributed by atoms with Gasteiger partial charge in [0.2, 0.25) is 0 Å². The van der Waals surface area contributed by atoms with Crippen molar-refractivity contribution in [1.82, 2.24) is 10.2 Å². The summed E-state index contributed by atoms with van der Waals surface area (Å²) in [4.78, 5) is 0. The Morgan fingerprint density at radius 2 is 1.94 bits per heavy atom. The van der Waals surface area contributed by atoms with E-state index in [4.69, 9.17) is 0 Å². The van der Waals surface area contributed by atoms with Gasteiger partial charge in [-0.05, 0) is 24.3 Å². The van der Waals surface area contributed by atoms with Crippen LogP contribution in [-0.2, 0) is 10.5 Å². The van der Waals surface area contributed by atoms with E-state index >= 15 is 0 Å². The lowest BCUT2D eigenvalue weighted by atomic mass is 10.2. The van der Waals surface area contributed by atoms with Crippen molar-refractivity contribution >= 4 is 21.8 Å². The highest BCUT2D eigenvalue weighted by Gasteiger charge is 2.09. The summed E-state index contributed by atoms with van der Waals surface area (Å²) in [5.41, 5.74) is 2.33. The van der Waals surface area contributed by atoms with Gasteiger partial charge in [-0.3, -0.25) is 0 Å². The molecule has 0 amide bonds. The fourth-order valence-electron chi connectivity index (χ4n) is 1.07. The van der Waals surface area contributed by atoms with Gasteiger partial charge < -0.3 is 4.18 Å². The standard InChI is InChI=1S/C8H5FN2O3S2/c9-16(12,13)14-7-3-1-6(2-4-7)8-11-10-5-15-8/h1-5H. The minimum atomic E-state index is -4.97. The van der Waals surface area contributed by atoms with E-state index in [0.717, 1.165) is 5.56 Å². The van der Waals surface area contributed by atoms with Crippen LogP contribution in [0.2, 0.25) is 0 Å². The molecular formula is C8H5FN2O3S2. The molecule has 0 bridgehead atoms. The lowest BCUT2D eigenvalue weighted by Gasteiger charge is -2.00. The van der Waals surface area contributed by atoms with Crippen LogP contribution in [0.15, 0.2) is 29.8 Å². The van der Waals surface area contributed by atoms with Gasteiger partial charge in [0.15, 0.2) is 0 Å². The van der Waals surface area contributed by atoms with Gasteiger partial charge in [-0.1, -0.05) is 15.2 Å². The van der Waals surface area contributed by atoms with Gasteiger partial charge >= 0.3 is 10.5 Å². The first kappa shape index (κ1) is 11.0. The lowest BCUT2D eigenvalue weighted by molar-refractivity contribution is 0.440. The highest BCUT2D eigenvalue weighted by atomic mass is 32.3. The Bertz CT molecular complexity index is 566. The molecule has 1 heterocycles. The summed E-state index contributed by atoms with van der Waals surface area (Å²) in [6.45, 7) is 0. The average Bonchev–Trinajstić information content (AvgIpc) is 2.69. The fourth-order valence-corrected chi connectivity index (χ4v) is 1.97. The van der Waals surface area contributed by atoms with E-state index in [2.05, 4.69) is 14.4 Å². The first-order valence-corrected chi connectivity index (χ1v) is 6.24. The molecule has 0 spiro atoms. The third-order valence-electron chi connectivity index (χ3n) is 1.66. The SMILES string of the molecule is O=S(=O)(F)Oc1ccc(-c2nncs2)cc1. The van der Waals surface area contributed by atoms with Crippen molar-refractivity contribution in [2.75, 3.05) is 0 Å². The first-order chi connectivity index (χ1) is 7.54. The second kappa shape index (κ2) is 4.14. The molecule has 0 radical (unpaired) electrons. The van der Waals surface area contributed by atoms with E-state index in [0.29, 0.717) is 5.01 Å². The van der Waals surface area contributed by atoms with Crippen LogP contribution in [0.3, 0.4) is 0 Å². The maximum atomic E-state index is 12.2. The summed E-state index contributed by atoms with van der Waals surface area (Å²) >= 11 is 1.34. The van der Waals surface area contributed by atoms with Crippen LogP contribution in [0.4, 0.5) is 3.89 Å². The minimum Gasteiger partial charge on any atom is -0.358 e. The molecule has 0 saturated heterocycles. The van der Waals surface area contributed by atoms with Gasteiger partial charge in [0, 0.05) is 5.56 Å². The molecule has 5 nitrogen and oxygen atoms in total. The van der Waals surface area contributed by atoms with Crippen LogP contribution in [0.1, 0.15) is 0 Å². The number of hydrogen-bond acceptors (Lipinski definition) is 6. The van der Waals surface area contributed by atoms with Crippen molar-refractivity contribution in [2.45, 2.75) is 0 Å². The highest BCUT2D eigenvalue weighted by molar-refractivity contribution is 7.81. The van der Waals surface area contributed by atoms with Crippen molar-refractivity contribution in [3.05, 3.63) is 29.8 Å². The van der Waals surface area contributed by atoms with Crippen LogP contribution in [0.25, 0.3) is 10.6 Å². The average molecular weight is 260 g/mol. The normalized spacial score (nSPS) is 11.3. The number of aromatic nitrogens is 2. The first-order valence-electron chi connectivity index (χ1n) is 4.05. The molecule has 1 aromatic heterocycles. The zero-order chi connectivity index (χ0) is 11.6. The van der Waals surface area contributed by atoms with Crippen LogP contribution in [0.5, 0.6) is 5.75 Å².